The Kier molecular flexibility index (Phi) is 3.17. The molecule has 1 aromatic heterocycles. The maximum absolute atomic E-state index is 6.03. The minimum absolute atomic E-state index is 0.395. The van der Waals surface area contributed by atoms with Crippen LogP contribution in [0.3, 0.4) is 0 Å². The third-order valence-electron chi connectivity index (χ3n) is 2.75. The number of aromatic nitrogens is 2. The lowest BCUT2D eigenvalue weighted by Crippen LogP contribution is -2.00. The predicted molar refractivity (Wildman–Crippen MR) is 83.2 cm³/mol. The van der Waals surface area contributed by atoms with Crippen molar-refractivity contribution >= 4 is 56.1 Å². The fourth-order valence-corrected chi connectivity index (χ4v) is 2.87. The molecule has 0 aliphatic heterocycles. The highest BCUT2D eigenvalue weighted by molar-refractivity contribution is 9.10. The zero-order chi connectivity index (χ0) is 13.6. The number of nitrogen functional groups attached to an aromatic ring is 1. The topological polar surface area (TPSA) is 43.8 Å². The first-order chi connectivity index (χ1) is 9.04. The molecular weight excluding hydrogens is 349 g/mol. The second kappa shape index (κ2) is 4.71. The average Bonchev–Trinajstić information content (AvgIpc) is 2.63. The first-order valence-electron chi connectivity index (χ1n) is 5.44. The van der Waals surface area contributed by atoms with E-state index in [1.54, 1.807) is 18.2 Å². The van der Waals surface area contributed by atoms with E-state index in [0.717, 1.165) is 21.2 Å². The van der Waals surface area contributed by atoms with Crippen LogP contribution in [0.2, 0.25) is 10.0 Å². The number of anilines is 1. The molecule has 96 valence electrons. The van der Waals surface area contributed by atoms with Gasteiger partial charge in [0.15, 0.2) is 0 Å². The first-order valence-corrected chi connectivity index (χ1v) is 6.99. The maximum Gasteiger partial charge on any atom is 0.205 e. The van der Waals surface area contributed by atoms with E-state index in [1.165, 1.54) is 0 Å². The van der Waals surface area contributed by atoms with Gasteiger partial charge in [-0.3, -0.25) is 4.57 Å². The number of hydrogen-bond acceptors (Lipinski definition) is 2. The molecule has 0 spiro atoms. The van der Waals surface area contributed by atoms with E-state index in [4.69, 9.17) is 28.9 Å². The summed E-state index contributed by atoms with van der Waals surface area (Å²) >= 11 is 15.5. The number of hydrogen-bond donors (Lipinski definition) is 1. The molecule has 0 atom stereocenters. The molecule has 3 aromatic rings. The lowest BCUT2D eigenvalue weighted by atomic mass is 10.3. The molecule has 2 N–H and O–H groups in total. The lowest BCUT2D eigenvalue weighted by Gasteiger charge is -2.08. The Bertz CT molecular complexity index is 763. The van der Waals surface area contributed by atoms with E-state index in [-0.39, 0.29) is 0 Å². The van der Waals surface area contributed by atoms with Gasteiger partial charge in [-0.15, -0.1) is 0 Å². The smallest absolute Gasteiger partial charge is 0.205 e. The van der Waals surface area contributed by atoms with Crippen LogP contribution in [0, 0.1) is 0 Å². The molecule has 0 aliphatic rings. The van der Waals surface area contributed by atoms with E-state index in [0.29, 0.717) is 16.0 Å². The van der Waals surface area contributed by atoms with Gasteiger partial charge in [0, 0.05) is 14.5 Å². The van der Waals surface area contributed by atoms with E-state index in [2.05, 4.69) is 20.9 Å². The van der Waals surface area contributed by atoms with Gasteiger partial charge in [-0.05, 0) is 36.4 Å². The number of benzene rings is 2. The molecule has 3 nitrogen and oxygen atoms in total. The Morgan fingerprint density at radius 1 is 1.05 bits per heavy atom. The molecule has 0 radical (unpaired) electrons. The Morgan fingerprint density at radius 2 is 1.74 bits per heavy atom. The summed E-state index contributed by atoms with van der Waals surface area (Å²) in [5, 5.41) is 1.11. The molecule has 0 saturated carbocycles. The highest BCUT2D eigenvalue weighted by Gasteiger charge is 2.11. The maximum atomic E-state index is 6.03. The normalized spacial score (nSPS) is 11.1. The molecule has 1 heterocycles. The van der Waals surface area contributed by atoms with Gasteiger partial charge in [-0.2, -0.15) is 0 Å². The van der Waals surface area contributed by atoms with Crippen LogP contribution in [0.25, 0.3) is 16.7 Å². The molecule has 6 heteroatoms. The lowest BCUT2D eigenvalue weighted by molar-refractivity contribution is 1.11. The highest BCUT2D eigenvalue weighted by atomic mass is 79.9. The van der Waals surface area contributed by atoms with Gasteiger partial charge in [0.05, 0.1) is 16.7 Å². The van der Waals surface area contributed by atoms with E-state index >= 15 is 0 Å². The Balaban J connectivity index is 2.35. The van der Waals surface area contributed by atoms with Gasteiger partial charge in [-0.25, -0.2) is 4.98 Å². The standard InChI is InChI=1S/C13H8BrCl2N3/c14-7-1-2-11-12(3-7)19(13(17)18-11)10-5-8(15)4-9(16)6-10/h1-6H,(H2,17,18). The summed E-state index contributed by atoms with van der Waals surface area (Å²) in [5.74, 6) is 0.395. The minimum atomic E-state index is 0.395. The SMILES string of the molecule is Nc1nc2ccc(Br)cc2n1-c1cc(Cl)cc(Cl)c1. The largest absolute Gasteiger partial charge is 0.369 e. The van der Waals surface area contributed by atoms with Crippen molar-refractivity contribution in [1.82, 2.24) is 9.55 Å². The summed E-state index contributed by atoms with van der Waals surface area (Å²) < 4.78 is 2.77. The van der Waals surface area contributed by atoms with Crippen LogP contribution < -0.4 is 5.73 Å². The van der Waals surface area contributed by atoms with E-state index in [1.807, 2.05) is 22.8 Å². The summed E-state index contributed by atoms with van der Waals surface area (Å²) in [6, 6.07) is 11.0. The van der Waals surface area contributed by atoms with E-state index in [9.17, 15) is 0 Å². The van der Waals surface area contributed by atoms with Crippen molar-refractivity contribution in [3.8, 4) is 5.69 Å². The third kappa shape index (κ3) is 2.31. The second-order valence-corrected chi connectivity index (χ2v) is 5.85. The van der Waals surface area contributed by atoms with Crippen molar-refractivity contribution in [3.63, 3.8) is 0 Å². The van der Waals surface area contributed by atoms with Crippen LogP contribution >= 0.6 is 39.1 Å². The van der Waals surface area contributed by atoms with Crippen molar-refractivity contribution in [2.45, 2.75) is 0 Å². The van der Waals surface area contributed by atoms with Gasteiger partial charge in [0.25, 0.3) is 0 Å². The Morgan fingerprint density at radius 3 is 2.42 bits per heavy atom. The van der Waals surface area contributed by atoms with Crippen LogP contribution in [-0.4, -0.2) is 9.55 Å². The van der Waals surface area contributed by atoms with Crippen LogP contribution in [0.1, 0.15) is 0 Å². The van der Waals surface area contributed by atoms with Gasteiger partial charge in [-0.1, -0.05) is 39.1 Å². The number of nitrogens with zero attached hydrogens (tertiary/aromatic N) is 2. The molecule has 0 amide bonds. The zero-order valence-corrected chi connectivity index (χ0v) is 12.7. The monoisotopic (exact) mass is 355 g/mol. The molecule has 19 heavy (non-hydrogen) atoms. The van der Waals surface area contributed by atoms with Crippen molar-refractivity contribution < 1.29 is 0 Å². The van der Waals surface area contributed by atoms with Crippen molar-refractivity contribution in [2.75, 3.05) is 5.73 Å². The summed E-state index contributed by atoms with van der Waals surface area (Å²) in [4.78, 5) is 4.32. The first kappa shape index (κ1) is 12.8. The summed E-state index contributed by atoms with van der Waals surface area (Å²) in [5.41, 5.74) is 8.48. The van der Waals surface area contributed by atoms with Gasteiger partial charge >= 0.3 is 0 Å². The fourth-order valence-electron chi connectivity index (χ4n) is 2.01. The number of nitrogens with two attached hydrogens (primary N) is 1. The zero-order valence-electron chi connectivity index (χ0n) is 9.57. The van der Waals surface area contributed by atoms with E-state index < -0.39 is 0 Å². The molecular formula is C13H8BrCl2N3. The molecule has 0 saturated heterocycles. The molecule has 0 bridgehead atoms. The molecule has 0 fully saturated rings. The predicted octanol–water partition coefficient (Wildman–Crippen LogP) is 4.68. The molecule has 0 aliphatic carbocycles. The number of imidazole rings is 1. The third-order valence-corrected chi connectivity index (χ3v) is 3.68. The second-order valence-electron chi connectivity index (χ2n) is 4.07. The number of fused-ring (bicyclic) bond motifs is 1. The van der Waals surface area contributed by atoms with Gasteiger partial charge in [0.2, 0.25) is 5.95 Å². The fraction of sp³-hybridized carbons (Fsp3) is 0. The highest BCUT2D eigenvalue weighted by Crippen LogP contribution is 2.29. The number of rotatable bonds is 1. The van der Waals surface area contributed by atoms with Gasteiger partial charge in [0.1, 0.15) is 0 Å². The molecule has 0 unspecified atom stereocenters. The Labute approximate surface area is 128 Å². The van der Waals surface area contributed by atoms with Gasteiger partial charge < -0.3 is 5.73 Å². The quantitative estimate of drug-likeness (QED) is 0.688. The van der Waals surface area contributed by atoms with Crippen molar-refractivity contribution in [1.29, 1.82) is 0 Å². The van der Waals surface area contributed by atoms with Crippen LogP contribution in [0.5, 0.6) is 0 Å². The van der Waals surface area contributed by atoms with Crippen molar-refractivity contribution in [3.05, 3.63) is 50.9 Å². The minimum Gasteiger partial charge on any atom is -0.369 e. The van der Waals surface area contributed by atoms with Crippen LogP contribution in [0.15, 0.2) is 40.9 Å². The molecule has 3 rings (SSSR count). The van der Waals surface area contributed by atoms with Crippen molar-refractivity contribution in [2.24, 2.45) is 0 Å². The van der Waals surface area contributed by atoms with Crippen LogP contribution in [0.4, 0.5) is 5.95 Å². The average molecular weight is 357 g/mol. The number of halogens is 3. The summed E-state index contributed by atoms with van der Waals surface area (Å²) in [7, 11) is 0. The molecule has 2 aromatic carbocycles. The summed E-state index contributed by atoms with van der Waals surface area (Å²) in [6.07, 6.45) is 0. The summed E-state index contributed by atoms with van der Waals surface area (Å²) in [6.45, 7) is 0. The Hall–Kier alpha value is -1.23. The van der Waals surface area contributed by atoms with Crippen LogP contribution in [-0.2, 0) is 0 Å².